The first-order valence-corrected chi connectivity index (χ1v) is 3.05. The maximum atomic E-state index is 9.14. The van der Waals surface area contributed by atoms with Crippen molar-refractivity contribution >= 4 is 0 Å². The van der Waals surface area contributed by atoms with E-state index in [4.69, 9.17) is 14.9 Å². The van der Waals surface area contributed by atoms with Gasteiger partial charge in [-0.05, 0) is 0 Å². The van der Waals surface area contributed by atoms with Crippen LogP contribution in [0.1, 0.15) is 6.42 Å². The van der Waals surface area contributed by atoms with Gasteiger partial charge in [0.1, 0.15) is 12.2 Å². The van der Waals surface area contributed by atoms with Crippen molar-refractivity contribution in [1.82, 2.24) is 0 Å². The Bertz CT molecular complexity index is 143. The highest BCUT2D eigenvalue weighted by atomic mass is 17.2. The van der Waals surface area contributed by atoms with E-state index < -0.39 is 0 Å². The zero-order valence-corrected chi connectivity index (χ0v) is 4.86. The monoisotopic (exact) mass is 128 g/mol. The number of hydrogen-bond acceptors (Lipinski definition) is 3. The highest BCUT2D eigenvalue weighted by Crippen LogP contribution is 2.24. The van der Waals surface area contributed by atoms with Gasteiger partial charge < -0.3 is 5.11 Å². The van der Waals surface area contributed by atoms with E-state index in [2.05, 4.69) is 0 Å². The van der Waals surface area contributed by atoms with Crippen molar-refractivity contribution in [1.29, 1.82) is 0 Å². The smallest absolute Gasteiger partial charge is 0.137 e. The number of hydrogen-bond donors (Lipinski definition) is 1. The van der Waals surface area contributed by atoms with Crippen molar-refractivity contribution in [3.8, 4) is 0 Å². The van der Waals surface area contributed by atoms with Gasteiger partial charge in [-0.1, -0.05) is 12.2 Å². The number of aliphatic hydroxyl groups is 1. The average Bonchev–Trinajstić information content (AvgIpc) is 1.90. The molecule has 3 aliphatic rings. The van der Waals surface area contributed by atoms with E-state index in [1.165, 1.54) is 0 Å². The van der Waals surface area contributed by atoms with E-state index in [9.17, 15) is 0 Å². The van der Waals surface area contributed by atoms with E-state index in [1.54, 1.807) is 0 Å². The normalized spacial score (nSPS) is 47.9. The van der Waals surface area contributed by atoms with Crippen LogP contribution in [0, 0.1) is 0 Å². The quantitative estimate of drug-likeness (QED) is 0.369. The van der Waals surface area contributed by atoms with Crippen molar-refractivity contribution in [3.63, 3.8) is 0 Å². The molecule has 0 unspecified atom stereocenters. The first kappa shape index (κ1) is 5.41. The van der Waals surface area contributed by atoms with Crippen molar-refractivity contribution in [2.24, 2.45) is 0 Å². The molecule has 1 N–H and O–H groups in total. The van der Waals surface area contributed by atoms with E-state index >= 15 is 0 Å². The summed E-state index contributed by atoms with van der Waals surface area (Å²) in [5, 5.41) is 9.14. The van der Waals surface area contributed by atoms with Crippen molar-refractivity contribution in [3.05, 3.63) is 12.2 Å². The third kappa shape index (κ3) is 0.775. The Kier molecular flexibility index (Phi) is 1.08. The molecular weight excluding hydrogens is 120 g/mol. The Balaban J connectivity index is 2.20. The minimum Gasteiger partial charge on any atom is -0.390 e. The molecule has 9 heavy (non-hydrogen) atoms. The van der Waals surface area contributed by atoms with Crippen LogP contribution in [0.2, 0.25) is 0 Å². The van der Waals surface area contributed by atoms with E-state index in [0.717, 1.165) is 0 Å². The highest BCUT2D eigenvalue weighted by Gasteiger charge is 2.32. The molecule has 0 spiro atoms. The van der Waals surface area contributed by atoms with E-state index in [-0.39, 0.29) is 18.3 Å². The van der Waals surface area contributed by atoms with Gasteiger partial charge in [-0.3, -0.25) is 0 Å². The molecule has 0 saturated carbocycles. The molecule has 0 aromatic carbocycles. The lowest BCUT2D eigenvalue weighted by atomic mass is 9.99. The van der Waals surface area contributed by atoms with Crippen molar-refractivity contribution < 1.29 is 14.9 Å². The van der Waals surface area contributed by atoms with Gasteiger partial charge in [0.2, 0.25) is 0 Å². The van der Waals surface area contributed by atoms with Crippen LogP contribution in [0.5, 0.6) is 0 Å². The fourth-order valence-corrected chi connectivity index (χ4v) is 1.12. The van der Waals surface area contributed by atoms with Crippen LogP contribution < -0.4 is 0 Å². The zero-order valence-electron chi connectivity index (χ0n) is 4.86. The molecule has 3 rings (SSSR count). The minimum absolute atomic E-state index is 0.0231. The Labute approximate surface area is 52.8 Å². The number of aliphatic hydroxyl groups excluding tert-OH is 1. The summed E-state index contributed by atoms with van der Waals surface area (Å²) < 4.78 is 0. The Hall–Kier alpha value is -0.380. The van der Waals surface area contributed by atoms with Gasteiger partial charge in [-0.25, -0.2) is 9.78 Å². The zero-order chi connectivity index (χ0) is 6.27. The molecule has 3 nitrogen and oxygen atoms in total. The second-order valence-corrected chi connectivity index (χ2v) is 2.38. The average molecular weight is 128 g/mol. The van der Waals surface area contributed by atoms with Crippen LogP contribution in [0.4, 0.5) is 0 Å². The molecule has 0 aromatic heterocycles. The topological polar surface area (TPSA) is 38.7 Å². The fourth-order valence-electron chi connectivity index (χ4n) is 1.12. The van der Waals surface area contributed by atoms with Crippen molar-refractivity contribution in [2.45, 2.75) is 24.7 Å². The molecule has 3 atom stereocenters. The maximum absolute atomic E-state index is 9.14. The molecule has 2 aliphatic heterocycles. The second kappa shape index (κ2) is 1.80. The lowest BCUT2D eigenvalue weighted by Crippen LogP contribution is -2.41. The second-order valence-electron chi connectivity index (χ2n) is 2.38. The molecule has 0 radical (unpaired) electrons. The van der Waals surface area contributed by atoms with Gasteiger partial charge in [0.15, 0.2) is 0 Å². The molecule has 0 aromatic rings. The van der Waals surface area contributed by atoms with Crippen LogP contribution in [0.25, 0.3) is 0 Å². The predicted octanol–water partition coefficient (Wildman–Crippen LogP) is 0.00620. The van der Waals surface area contributed by atoms with E-state index in [1.807, 2.05) is 12.2 Å². The first-order chi connectivity index (χ1) is 4.36. The third-order valence-electron chi connectivity index (χ3n) is 1.66. The van der Waals surface area contributed by atoms with Gasteiger partial charge in [-0.2, -0.15) is 0 Å². The predicted molar refractivity (Wildman–Crippen MR) is 29.5 cm³/mol. The summed E-state index contributed by atoms with van der Waals surface area (Å²) in [6.45, 7) is 0. The summed E-state index contributed by atoms with van der Waals surface area (Å²) >= 11 is 0. The molecule has 2 bridgehead atoms. The van der Waals surface area contributed by atoms with Crippen LogP contribution in [0.3, 0.4) is 0 Å². The van der Waals surface area contributed by atoms with Gasteiger partial charge in [0, 0.05) is 6.42 Å². The largest absolute Gasteiger partial charge is 0.390 e. The van der Waals surface area contributed by atoms with Crippen LogP contribution >= 0.6 is 0 Å². The lowest BCUT2D eigenvalue weighted by Gasteiger charge is -2.33. The van der Waals surface area contributed by atoms with Gasteiger partial charge in [-0.15, -0.1) is 0 Å². The fraction of sp³-hybridized carbons (Fsp3) is 0.667. The number of rotatable bonds is 0. The molecule has 50 valence electrons. The van der Waals surface area contributed by atoms with Crippen LogP contribution in [-0.4, -0.2) is 23.4 Å². The molecular formula is C6H8O3. The first-order valence-electron chi connectivity index (χ1n) is 3.05. The Morgan fingerprint density at radius 3 is 2.44 bits per heavy atom. The van der Waals surface area contributed by atoms with Crippen molar-refractivity contribution in [2.75, 3.05) is 0 Å². The standard InChI is InChI=1S/C6H8O3/c7-5-3-4-1-2-6(5)9-8-4/h1-2,4-7H,3H2/t4-,5-,6+/m1/s1. The van der Waals surface area contributed by atoms with Gasteiger partial charge >= 0.3 is 0 Å². The SMILES string of the molecule is O[C@@H]1C[C@H]2C=C[C@@H]1OO2. The lowest BCUT2D eigenvalue weighted by molar-refractivity contribution is -0.379. The summed E-state index contributed by atoms with van der Waals surface area (Å²) in [5.74, 6) is 0. The molecule has 1 aliphatic carbocycles. The number of fused-ring (bicyclic) bond motifs is 2. The minimum atomic E-state index is -0.367. The molecule has 2 heterocycles. The van der Waals surface area contributed by atoms with Gasteiger partial charge in [0.05, 0.1) is 6.10 Å². The summed E-state index contributed by atoms with van der Waals surface area (Å²) in [6, 6.07) is 0. The summed E-state index contributed by atoms with van der Waals surface area (Å²) in [6.07, 6.45) is 3.80. The Morgan fingerprint density at radius 1 is 1.33 bits per heavy atom. The third-order valence-corrected chi connectivity index (χ3v) is 1.66. The molecule has 3 heteroatoms. The molecule has 1 saturated heterocycles. The van der Waals surface area contributed by atoms with Crippen LogP contribution in [0.15, 0.2) is 12.2 Å². The Morgan fingerprint density at radius 2 is 2.22 bits per heavy atom. The van der Waals surface area contributed by atoms with E-state index in [0.29, 0.717) is 6.42 Å². The summed E-state index contributed by atoms with van der Waals surface area (Å²) in [5.41, 5.74) is 0. The summed E-state index contributed by atoms with van der Waals surface area (Å²) in [7, 11) is 0. The molecule has 1 fully saturated rings. The van der Waals surface area contributed by atoms with Gasteiger partial charge in [0.25, 0.3) is 0 Å². The van der Waals surface area contributed by atoms with Crippen LogP contribution in [-0.2, 0) is 9.78 Å². The summed E-state index contributed by atoms with van der Waals surface area (Å²) in [4.78, 5) is 9.55. The maximum Gasteiger partial charge on any atom is 0.137 e. The highest BCUT2D eigenvalue weighted by molar-refractivity contribution is 5.05. The molecule has 0 amide bonds.